The molecule has 0 aliphatic carbocycles. The minimum Gasteiger partial charge on any atom is -0.326 e. The predicted molar refractivity (Wildman–Crippen MR) is 72.1 cm³/mol. The van der Waals surface area contributed by atoms with E-state index in [0.717, 1.165) is 5.56 Å². The summed E-state index contributed by atoms with van der Waals surface area (Å²) in [5, 5.41) is 0. The lowest BCUT2D eigenvalue weighted by molar-refractivity contribution is 0.559. The van der Waals surface area contributed by atoms with Crippen LogP contribution in [0, 0.1) is 5.92 Å². The van der Waals surface area contributed by atoms with E-state index in [1.807, 2.05) is 13.8 Å². The molecule has 0 amide bonds. The van der Waals surface area contributed by atoms with Gasteiger partial charge in [-0.25, -0.2) is 13.1 Å². The number of nitrogens with two attached hydrogens (primary N) is 1. The first-order valence-corrected chi connectivity index (χ1v) is 7.62. The summed E-state index contributed by atoms with van der Waals surface area (Å²) in [6.45, 7) is 4.64. The van der Waals surface area contributed by atoms with Gasteiger partial charge in [-0.15, -0.1) is 0 Å². The highest BCUT2D eigenvalue weighted by Gasteiger charge is 2.17. The number of sulfonamides is 1. The van der Waals surface area contributed by atoms with Crippen molar-refractivity contribution in [2.45, 2.75) is 25.3 Å². The van der Waals surface area contributed by atoms with Crippen molar-refractivity contribution in [1.29, 1.82) is 0 Å². The molecule has 96 valence electrons. The number of halogens is 1. The Hall–Kier alpha value is -0.430. The SMILES string of the molecule is CC(C)CNS(=O)(=O)c1cc(CN)ccc1Br. The largest absolute Gasteiger partial charge is 0.326 e. The highest BCUT2D eigenvalue weighted by molar-refractivity contribution is 9.10. The molecule has 0 radical (unpaired) electrons. The summed E-state index contributed by atoms with van der Waals surface area (Å²) < 4.78 is 27.2. The zero-order chi connectivity index (χ0) is 13.1. The Labute approximate surface area is 111 Å². The third-order valence-electron chi connectivity index (χ3n) is 2.20. The molecule has 3 N–H and O–H groups in total. The lowest BCUT2D eigenvalue weighted by Crippen LogP contribution is -2.28. The molecule has 0 spiro atoms. The van der Waals surface area contributed by atoms with E-state index in [4.69, 9.17) is 5.73 Å². The second-order valence-corrected chi connectivity index (χ2v) is 6.80. The lowest BCUT2D eigenvalue weighted by Gasteiger charge is -2.11. The van der Waals surface area contributed by atoms with Crippen LogP contribution in [0.15, 0.2) is 27.6 Å². The molecule has 0 heterocycles. The lowest BCUT2D eigenvalue weighted by atomic mass is 10.2. The maximum Gasteiger partial charge on any atom is 0.241 e. The number of nitrogens with one attached hydrogen (secondary N) is 1. The molecule has 0 saturated heterocycles. The molecular formula is C11H17BrN2O2S. The fourth-order valence-corrected chi connectivity index (χ4v) is 3.46. The molecule has 1 rings (SSSR count). The van der Waals surface area contributed by atoms with Gasteiger partial charge in [-0.1, -0.05) is 19.9 Å². The van der Waals surface area contributed by atoms with Crippen molar-refractivity contribution in [3.63, 3.8) is 0 Å². The first-order chi connectivity index (χ1) is 7.86. The van der Waals surface area contributed by atoms with Gasteiger partial charge in [-0.3, -0.25) is 0 Å². The zero-order valence-corrected chi connectivity index (χ0v) is 12.3. The molecule has 1 aromatic carbocycles. The van der Waals surface area contributed by atoms with Crippen LogP contribution in [0.3, 0.4) is 0 Å². The van der Waals surface area contributed by atoms with Crippen LogP contribution in [0.2, 0.25) is 0 Å². The van der Waals surface area contributed by atoms with Crippen LogP contribution in [0.25, 0.3) is 0 Å². The first kappa shape index (κ1) is 14.6. The molecule has 1 aromatic rings. The Kier molecular flexibility index (Phi) is 5.12. The maximum atomic E-state index is 12.0. The van der Waals surface area contributed by atoms with Crippen LogP contribution < -0.4 is 10.5 Å². The Morgan fingerprint density at radius 1 is 1.41 bits per heavy atom. The normalized spacial score (nSPS) is 12.1. The molecular weight excluding hydrogens is 304 g/mol. The monoisotopic (exact) mass is 320 g/mol. The Bertz CT molecular complexity index is 486. The van der Waals surface area contributed by atoms with Crippen LogP contribution in [0.5, 0.6) is 0 Å². The predicted octanol–water partition coefficient (Wildman–Crippen LogP) is 1.84. The number of rotatable bonds is 5. The van der Waals surface area contributed by atoms with E-state index >= 15 is 0 Å². The summed E-state index contributed by atoms with van der Waals surface area (Å²) >= 11 is 3.24. The third kappa shape index (κ3) is 4.06. The van der Waals surface area contributed by atoms with Crippen LogP contribution in [-0.2, 0) is 16.6 Å². The van der Waals surface area contributed by atoms with Crippen LogP contribution in [0.1, 0.15) is 19.4 Å². The molecule has 0 bridgehead atoms. The fourth-order valence-electron chi connectivity index (χ4n) is 1.23. The van der Waals surface area contributed by atoms with Gasteiger partial charge in [0.05, 0.1) is 4.90 Å². The quantitative estimate of drug-likeness (QED) is 0.869. The summed E-state index contributed by atoms with van der Waals surface area (Å²) in [5.74, 6) is 0.265. The van der Waals surface area contributed by atoms with E-state index in [-0.39, 0.29) is 10.8 Å². The van der Waals surface area contributed by atoms with Gasteiger partial charge in [0.15, 0.2) is 0 Å². The van der Waals surface area contributed by atoms with Crippen molar-refractivity contribution < 1.29 is 8.42 Å². The van der Waals surface area contributed by atoms with Gasteiger partial charge in [0, 0.05) is 17.6 Å². The molecule has 0 fully saturated rings. The van der Waals surface area contributed by atoms with Crippen molar-refractivity contribution >= 4 is 26.0 Å². The molecule has 0 unspecified atom stereocenters. The maximum absolute atomic E-state index is 12.0. The van der Waals surface area contributed by atoms with E-state index in [0.29, 0.717) is 17.6 Å². The summed E-state index contributed by atoms with van der Waals surface area (Å²) in [4.78, 5) is 0.237. The van der Waals surface area contributed by atoms with Crippen molar-refractivity contribution in [3.05, 3.63) is 28.2 Å². The van der Waals surface area contributed by atoms with Gasteiger partial charge in [-0.05, 0) is 39.5 Å². The van der Waals surface area contributed by atoms with Crippen LogP contribution >= 0.6 is 15.9 Å². The molecule has 17 heavy (non-hydrogen) atoms. The van der Waals surface area contributed by atoms with Crippen molar-refractivity contribution in [2.75, 3.05) is 6.54 Å². The molecule has 0 saturated carbocycles. The Balaban J connectivity index is 3.05. The average molecular weight is 321 g/mol. The molecule has 0 aliphatic heterocycles. The Morgan fingerprint density at radius 2 is 2.06 bits per heavy atom. The summed E-state index contributed by atoms with van der Waals surface area (Å²) in [7, 11) is -3.47. The highest BCUT2D eigenvalue weighted by atomic mass is 79.9. The number of hydrogen-bond acceptors (Lipinski definition) is 3. The fraction of sp³-hybridized carbons (Fsp3) is 0.455. The van der Waals surface area contributed by atoms with Crippen LogP contribution in [0.4, 0.5) is 0 Å². The second-order valence-electron chi connectivity index (χ2n) is 4.21. The van der Waals surface area contributed by atoms with Gasteiger partial charge in [0.2, 0.25) is 10.0 Å². The summed E-state index contributed by atoms with van der Waals surface area (Å²) in [5.41, 5.74) is 6.29. The van der Waals surface area contributed by atoms with E-state index < -0.39 is 10.0 Å². The standard InChI is InChI=1S/C11H17BrN2O2S/c1-8(2)7-14-17(15,16)11-5-9(6-13)3-4-10(11)12/h3-5,8,14H,6-7,13H2,1-2H3. The van der Waals surface area contributed by atoms with E-state index in [1.165, 1.54) is 0 Å². The smallest absolute Gasteiger partial charge is 0.241 e. The molecule has 0 aromatic heterocycles. The number of benzene rings is 1. The minimum absolute atomic E-state index is 0.237. The average Bonchev–Trinajstić information content (AvgIpc) is 2.27. The minimum atomic E-state index is -3.47. The van der Waals surface area contributed by atoms with Gasteiger partial charge in [0.1, 0.15) is 0 Å². The van der Waals surface area contributed by atoms with Crippen molar-refractivity contribution in [1.82, 2.24) is 4.72 Å². The van der Waals surface area contributed by atoms with Crippen LogP contribution in [-0.4, -0.2) is 15.0 Å². The van der Waals surface area contributed by atoms with Crippen molar-refractivity contribution in [3.8, 4) is 0 Å². The van der Waals surface area contributed by atoms with Gasteiger partial charge < -0.3 is 5.73 Å². The topological polar surface area (TPSA) is 72.2 Å². The third-order valence-corrected chi connectivity index (χ3v) is 4.62. The second kappa shape index (κ2) is 5.95. The van der Waals surface area contributed by atoms with E-state index in [9.17, 15) is 8.42 Å². The molecule has 6 heteroatoms. The van der Waals surface area contributed by atoms with Gasteiger partial charge >= 0.3 is 0 Å². The summed E-state index contributed by atoms with van der Waals surface area (Å²) in [6.07, 6.45) is 0. The molecule has 4 nitrogen and oxygen atoms in total. The molecule has 0 aliphatic rings. The van der Waals surface area contributed by atoms with Gasteiger partial charge in [-0.2, -0.15) is 0 Å². The summed E-state index contributed by atoms with van der Waals surface area (Å²) in [6, 6.07) is 5.09. The Morgan fingerprint density at radius 3 is 2.59 bits per heavy atom. The van der Waals surface area contributed by atoms with E-state index in [2.05, 4.69) is 20.7 Å². The zero-order valence-electron chi connectivity index (χ0n) is 9.90. The first-order valence-electron chi connectivity index (χ1n) is 5.35. The van der Waals surface area contributed by atoms with E-state index in [1.54, 1.807) is 18.2 Å². The number of hydrogen-bond donors (Lipinski definition) is 2. The van der Waals surface area contributed by atoms with Crippen molar-refractivity contribution in [2.24, 2.45) is 11.7 Å². The highest BCUT2D eigenvalue weighted by Crippen LogP contribution is 2.23. The molecule has 0 atom stereocenters. The van der Waals surface area contributed by atoms with Gasteiger partial charge in [0.25, 0.3) is 0 Å².